The van der Waals surface area contributed by atoms with Crippen LogP contribution < -0.4 is 0 Å². The molecule has 0 radical (unpaired) electrons. The molecule has 0 aromatic heterocycles. The number of rotatable bonds is 7. The van der Waals surface area contributed by atoms with Gasteiger partial charge in [-0.25, -0.2) is 0 Å². The SMILES string of the molecule is CN(C)CCOCCOC1CCC2(C)C(CCC3C4CCC(=O)C4(C)CCC32)C1. The van der Waals surface area contributed by atoms with Crippen LogP contribution in [0.2, 0.25) is 0 Å². The maximum atomic E-state index is 12.6. The summed E-state index contributed by atoms with van der Waals surface area (Å²) >= 11 is 0. The molecule has 29 heavy (non-hydrogen) atoms. The Morgan fingerprint density at radius 1 is 0.966 bits per heavy atom. The molecule has 4 aliphatic rings. The van der Waals surface area contributed by atoms with Crippen molar-refractivity contribution in [2.45, 2.75) is 77.7 Å². The Kier molecular flexibility index (Phi) is 6.45. The summed E-state index contributed by atoms with van der Waals surface area (Å²) in [6.45, 7) is 8.09. The lowest BCUT2D eigenvalue weighted by Crippen LogP contribution is -2.54. The van der Waals surface area contributed by atoms with Crippen LogP contribution in [0.5, 0.6) is 0 Å². The van der Waals surface area contributed by atoms with Crippen molar-refractivity contribution >= 4 is 5.78 Å². The molecular weight excluding hydrogens is 362 g/mol. The lowest BCUT2D eigenvalue weighted by atomic mass is 9.45. The van der Waals surface area contributed by atoms with Crippen molar-refractivity contribution in [2.24, 2.45) is 34.5 Å². The normalized spacial score (nSPS) is 44.4. The van der Waals surface area contributed by atoms with Gasteiger partial charge in [0.2, 0.25) is 0 Å². The number of carbonyl (C=O) groups excluding carboxylic acids is 1. The molecule has 0 aromatic carbocycles. The lowest BCUT2D eigenvalue weighted by Gasteiger charge is -2.60. The van der Waals surface area contributed by atoms with E-state index in [0.29, 0.717) is 29.8 Å². The number of fused-ring (bicyclic) bond motifs is 5. The highest BCUT2D eigenvalue weighted by molar-refractivity contribution is 5.87. The van der Waals surface area contributed by atoms with E-state index in [1.54, 1.807) is 0 Å². The Morgan fingerprint density at radius 3 is 2.59 bits per heavy atom. The van der Waals surface area contributed by atoms with E-state index in [1.165, 1.54) is 38.5 Å². The van der Waals surface area contributed by atoms with E-state index in [0.717, 1.165) is 56.8 Å². The Hall–Kier alpha value is -0.450. The predicted octanol–water partition coefficient (Wildman–Crippen LogP) is 4.56. The first-order valence-corrected chi connectivity index (χ1v) is 12.2. The van der Waals surface area contributed by atoms with Crippen molar-refractivity contribution in [1.82, 2.24) is 4.90 Å². The molecule has 4 rings (SSSR count). The molecule has 4 nitrogen and oxygen atoms in total. The quantitative estimate of drug-likeness (QED) is 0.582. The summed E-state index contributed by atoms with van der Waals surface area (Å²) in [5.74, 6) is 3.67. The monoisotopic (exact) mass is 405 g/mol. The second-order valence-electron chi connectivity index (χ2n) is 11.3. The third-order valence-electron chi connectivity index (χ3n) is 9.59. The van der Waals surface area contributed by atoms with Gasteiger partial charge in [0.1, 0.15) is 5.78 Å². The molecule has 4 heteroatoms. The Balaban J connectivity index is 1.29. The van der Waals surface area contributed by atoms with Gasteiger partial charge in [0.05, 0.1) is 25.9 Å². The summed E-state index contributed by atoms with van der Waals surface area (Å²) < 4.78 is 11.9. The van der Waals surface area contributed by atoms with Gasteiger partial charge in [0, 0.05) is 18.4 Å². The number of ether oxygens (including phenoxy) is 2. The van der Waals surface area contributed by atoms with Gasteiger partial charge in [-0.1, -0.05) is 13.8 Å². The van der Waals surface area contributed by atoms with Crippen molar-refractivity contribution in [3.63, 3.8) is 0 Å². The minimum Gasteiger partial charge on any atom is -0.378 e. The second kappa shape index (κ2) is 8.59. The molecule has 166 valence electrons. The van der Waals surface area contributed by atoms with Gasteiger partial charge in [0.15, 0.2) is 0 Å². The van der Waals surface area contributed by atoms with Crippen molar-refractivity contribution in [2.75, 3.05) is 40.5 Å². The third-order valence-corrected chi connectivity index (χ3v) is 9.59. The van der Waals surface area contributed by atoms with E-state index in [4.69, 9.17) is 9.47 Å². The minimum absolute atomic E-state index is 0.0112. The molecule has 0 amide bonds. The summed E-state index contributed by atoms with van der Waals surface area (Å²) in [7, 11) is 4.15. The molecule has 4 saturated carbocycles. The molecule has 0 heterocycles. The van der Waals surface area contributed by atoms with Crippen molar-refractivity contribution in [3.05, 3.63) is 0 Å². The fourth-order valence-electron chi connectivity index (χ4n) is 7.76. The molecule has 0 N–H and O–H groups in total. The number of carbonyl (C=O) groups is 1. The number of nitrogens with zero attached hydrogens (tertiary/aromatic N) is 1. The van der Waals surface area contributed by atoms with Gasteiger partial charge in [-0.3, -0.25) is 4.79 Å². The van der Waals surface area contributed by atoms with Crippen LogP contribution in [0.15, 0.2) is 0 Å². The van der Waals surface area contributed by atoms with E-state index in [9.17, 15) is 4.79 Å². The first-order valence-electron chi connectivity index (χ1n) is 12.2. The summed E-state index contributed by atoms with van der Waals surface area (Å²) in [5, 5.41) is 0. The number of Topliss-reactive ketones (excluding diaryl/α,β-unsaturated/α-hetero) is 1. The van der Waals surface area contributed by atoms with Crippen molar-refractivity contribution in [3.8, 4) is 0 Å². The molecular formula is C25H43NO3. The lowest BCUT2D eigenvalue weighted by molar-refractivity contribution is -0.146. The standard InChI is InChI=1S/C25H43NO3/c1-24-11-9-19(29-16-15-28-14-13-26(3)4)17-18(24)5-6-20-21-7-8-23(27)25(21,2)12-10-22(20)24/h18-22H,5-17H2,1-4H3. The summed E-state index contributed by atoms with van der Waals surface area (Å²) in [4.78, 5) is 14.7. The van der Waals surface area contributed by atoms with Gasteiger partial charge in [-0.15, -0.1) is 0 Å². The zero-order valence-corrected chi connectivity index (χ0v) is 19.3. The first-order chi connectivity index (χ1) is 13.8. The third kappa shape index (κ3) is 4.06. The largest absolute Gasteiger partial charge is 0.378 e. The minimum atomic E-state index is 0.0112. The van der Waals surface area contributed by atoms with Crippen LogP contribution in [0.4, 0.5) is 0 Å². The van der Waals surface area contributed by atoms with Crippen LogP contribution >= 0.6 is 0 Å². The van der Waals surface area contributed by atoms with Crippen molar-refractivity contribution in [1.29, 1.82) is 0 Å². The average molecular weight is 406 g/mol. The summed E-state index contributed by atoms with van der Waals surface area (Å²) in [5.41, 5.74) is 0.481. The van der Waals surface area contributed by atoms with Crippen LogP contribution in [-0.2, 0) is 14.3 Å². The van der Waals surface area contributed by atoms with E-state index < -0.39 is 0 Å². The van der Waals surface area contributed by atoms with E-state index >= 15 is 0 Å². The van der Waals surface area contributed by atoms with Gasteiger partial charge < -0.3 is 14.4 Å². The van der Waals surface area contributed by atoms with Gasteiger partial charge in [-0.2, -0.15) is 0 Å². The first kappa shape index (κ1) is 21.8. The molecule has 7 unspecified atom stereocenters. The smallest absolute Gasteiger partial charge is 0.139 e. The maximum absolute atomic E-state index is 12.6. The zero-order valence-electron chi connectivity index (χ0n) is 19.3. The molecule has 0 spiro atoms. The van der Waals surface area contributed by atoms with Crippen LogP contribution in [0.25, 0.3) is 0 Å². The van der Waals surface area contributed by atoms with Crippen LogP contribution in [0, 0.1) is 34.5 Å². The highest BCUT2D eigenvalue weighted by Gasteiger charge is 2.60. The molecule has 7 atom stereocenters. The van der Waals surface area contributed by atoms with Crippen LogP contribution in [-0.4, -0.2) is 57.2 Å². The Labute approximate surface area is 178 Å². The number of hydrogen-bond acceptors (Lipinski definition) is 4. The number of likely N-dealkylation sites (N-methyl/N-ethyl adjacent to an activating group) is 1. The zero-order chi connectivity index (χ0) is 20.6. The highest BCUT2D eigenvalue weighted by atomic mass is 16.5. The number of hydrogen-bond donors (Lipinski definition) is 0. The van der Waals surface area contributed by atoms with Gasteiger partial charge >= 0.3 is 0 Å². The van der Waals surface area contributed by atoms with Gasteiger partial charge in [0.25, 0.3) is 0 Å². The second-order valence-corrected chi connectivity index (χ2v) is 11.3. The Morgan fingerprint density at radius 2 is 1.79 bits per heavy atom. The molecule has 0 aliphatic heterocycles. The molecule has 4 fully saturated rings. The van der Waals surface area contributed by atoms with Crippen LogP contribution in [0.1, 0.15) is 71.6 Å². The molecule has 0 bridgehead atoms. The van der Waals surface area contributed by atoms with E-state index in [1.807, 2.05) is 0 Å². The fraction of sp³-hybridized carbons (Fsp3) is 0.960. The van der Waals surface area contributed by atoms with Crippen molar-refractivity contribution < 1.29 is 14.3 Å². The van der Waals surface area contributed by atoms with E-state index in [-0.39, 0.29) is 5.41 Å². The fourth-order valence-corrected chi connectivity index (χ4v) is 7.76. The number of ketones is 1. The molecule has 0 aromatic rings. The topological polar surface area (TPSA) is 38.8 Å². The Bertz CT molecular complexity index is 593. The summed E-state index contributed by atoms with van der Waals surface area (Å²) in [6, 6.07) is 0. The van der Waals surface area contributed by atoms with Gasteiger partial charge in [-0.05, 0) is 94.5 Å². The highest BCUT2D eigenvalue weighted by Crippen LogP contribution is 2.65. The summed E-state index contributed by atoms with van der Waals surface area (Å²) in [6.07, 6.45) is 11.3. The average Bonchev–Trinajstić information content (AvgIpc) is 2.99. The molecule has 0 saturated heterocycles. The maximum Gasteiger partial charge on any atom is 0.139 e. The van der Waals surface area contributed by atoms with E-state index in [2.05, 4.69) is 32.8 Å². The predicted molar refractivity (Wildman–Crippen MR) is 116 cm³/mol. The molecule has 4 aliphatic carbocycles. The van der Waals surface area contributed by atoms with Crippen LogP contribution in [0.3, 0.4) is 0 Å².